The molecule has 1 fully saturated rings. The van der Waals surface area contributed by atoms with Gasteiger partial charge in [-0.3, -0.25) is 19.3 Å². The maximum atomic E-state index is 12.3. The Bertz CT molecular complexity index is 672. The highest BCUT2D eigenvalue weighted by molar-refractivity contribution is 6.22. The first kappa shape index (κ1) is 19.4. The molecule has 1 aromatic carbocycles. The van der Waals surface area contributed by atoms with Crippen LogP contribution in [0.4, 0.5) is 0 Å². The standard InChI is InChI=1S/C18H23N3O3.ClH/c1-12-4-5-14-15(9-12)18(24)21(17(14)23)11-16(22)20-8-6-13-3-2-7-19-10-13;/h4-5,9,13,19H,2-3,6-8,10-11H2,1H3,(H,20,22);1H. The van der Waals surface area contributed by atoms with Crippen molar-refractivity contribution in [1.82, 2.24) is 15.5 Å². The molecule has 2 aliphatic heterocycles. The number of nitrogens with one attached hydrogen (secondary N) is 2. The monoisotopic (exact) mass is 365 g/mol. The SMILES string of the molecule is Cc1ccc2c(c1)C(=O)N(CC(=O)NCCC1CCCNC1)C2=O.Cl. The molecule has 1 aromatic rings. The van der Waals surface area contributed by atoms with Crippen LogP contribution in [0.3, 0.4) is 0 Å². The van der Waals surface area contributed by atoms with Gasteiger partial charge in [0.2, 0.25) is 5.91 Å². The molecule has 1 atom stereocenters. The van der Waals surface area contributed by atoms with Crippen molar-refractivity contribution in [1.29, 1.82) is 0 Å². The second kappa shape index (κ2) is 8.45. The van der Waals surface area contributed by atoms with E-state index in [9.17, 15) is 14.4 Å². The highest BCUT2D eigenvalue weighted by atomic mass is 35.5. The fraction of sp³-hybridized carbons (Fsp3) is 0.500. The van der Waals surface area contributed by atoms with E-state index >= 15 is 0 Å². The summed E-state index contributed by atoms with van der Waals surface area (Å²) >= 11 is 0. The van der Waals surface area contributed by atoms with Gasteiger partial charge in [-0.15, -0.1) is 12.4 Å². The first-order valence-corrected chi connectivity index (χ1v) is 8.50. The zero-order valence-corrected chi connectivity index (χ0v) is 15.2. The van der Waals surface area contributed by atoms with E-state index < -0.39 is 0 Å². The van der Waals surface area contributed by atoms with Gasteiger partial charge in [0, 0.05) is 6.54 Å². The molecule has 6 nitrogen and oxygen atoms in total. The van der Waals surface area contributed by atoms with Gasteiger partial charge >= 0.3 is 0 Å². The number of halogens is 1. The second-order valence-electron chi connectivity index (χ2n) is 6.60. The van der Waals surface area contributed by atoms with Crippen LogP contribution >= 0.6 is 12.4 Å². The minimum absolute atomic E-state index is 0. The number of amides is 3. The number of hydrogen-bond acceptors (Lipinski definition) is 4. The van der Waals surface area contributed by atoms with E-state index in [2.05, 4.69) is 10.6 Å². The van der Waals surface area contributed by atoms with E-state index in [4.69, 9.17) is 0 Å². The van der Waals surface area contributed by atoms with Crippen LogP contribution in [-0.2, 0) is 4.79 Å². The summed E-state index contributed by atoms with van der Waals surface area (Å²) in [6.45, 7) is 4.30. The Hall–Kier alpha value is -1.92. The molecule has 3 amide bonds. The molecule has 2 heterocycles. The first-order chi connectivity index (χ1) is 11.6. The van der Waals surface area contributed by atoms with Crippen LogP contribution in [0, 0.1) is 12.8 Å². The van der Waals surface area contributed by atoms with E-state index in [1.165, 1.54) is 12.8 Å². The van der Waals surface area contributed by atoms with Gasteiger partial charge in [-0.25, -0.2) is 0 Å². The minimum Gasteiger partial charge on any atom is -0.355 e. The van der Waals surface area contributed by atoms with E-state index in [0.717, 1.165) is 30.0 Å². The van der Waals surface area contributed by atoms with Crippen molar-refractivity contribution < 1.29 is 14.4 Å². The van der Waals surface area contributed by atoms with Gasteiger partial charge in [-0.05, 0) is 57.3 Å². The van der Waals surface area contributed by atoms with Crippen LogP contribution in [0.25, 0.3) is 0 Å². The Kier molecular flexibility index (Phi) is 6.56. The van der Waals surface area contributed by atoms with Gasteiger partial charge < -0.3 is 10.6 Å². The summed E-state index contributed by atoms with van der Waals surface area (Å²) in [5.74, 6) is -0.474. The Morgan fingerprint density at radius 2 is 2.04 bits per heavy atom. The molecule has 0 bridgehead atoms. The van der Waals surface area contributed by atoms with E-state index in [1.807, 2.05) is 6.92 Å². The number of imide groups is 1. The quantitative estimate of drug-likeness (QED) is 0.775. The van der Waals surface area contributed by atoms with Crippen LogP contribution in [0.2, 0.25) is 0 Å². The summed E-state index contributed by atoms with van der Waals surface area (Å²) in [4.78, 5) is 37.7. The largest absolute Gasteiger partial charge is 0.355 e. The summed E-state index contributed by atoms with van der Waals surface area (Å²) in [5, 5.41) is 6.17. The lowest BCUT2D eigenvalue weighted by Crippen LogP contribution is -2.41. The average molecular weight is 366 g/mol. The number of fused-ring (bicyclic) bond motifs is 1. The predicted octanol–water partition coefficient (Wildman–Crippen LogP) is 1.52. The van der Waals surface area contributed by atoms with Gasteiger partial charge in [0.25, 0.3) is 11.8 Å². The topological polar surface area (TPSA) is 78.5 Å². The number of benzene rings is 1. The third-order valence-electron chi connectivity index (χ3n) is 4.70. The smallest absolute Gasteiger partial charge is 0.262 e. The number of carbonyl (C=O) groups is 3. The number of piperidine rings is 1. The molecule has 2 aliphatic rings. The zero-order chi connectivity index (χ0) is 17.1. The Morgan fingerprint density at radius 1 is 1.28 bits per heavy atom. The van der Waals surface area contributed by atoms with Crippen LogP contribution < -0.4 is 10.6 Å². The predicted molar refractivity (Wildman–Crippen MR) is 97.0 cm³/mol. The normalized spacial score (nSPS) is 19.4. The van der Waals surface area contributed by atoms with Gasteiger partial charge in [0.05, 0.1) is 11.1 Å². The number of carbonyl (C=O) groups excluding carboxylic acids is 3. The summed E-state index contributed by atoms with van der Waals surface area (Å²) in [7, 11) is 0. The van der Waals surface area contributed by atoms with E-state index in [0.29, 0.717) is 23.6 Å². The Morgan fingerprint density at radius 3 is 2.76 bits per heavy atom. The van der Waals surface area contributed by atoms with Crippen LogP contribution in [-0.4, -0.2) is 48.8 Å². The number of hydrogen-bond donors (Lipinski definition) is 2. The van der Waals surface area contributed by atoms with Gasteiger partial charge in [-0.2, -0.15) is 0 Å². The third-order valence-corrected chi connectivity index (χ3v) is 4.70. The maximum Gasteiger partial charge on any atom is 0.262 e. The molecule has 3 rings (SSSR count). The molecule has 0 radical (unpaired) electrons. The van der Waals surface area contributed by atoms with Crippen LogP contribution in [0.15, 0.2) is 18.2 Å². The highest BCUT2D eigenvalue weighted by Crippen LogP contribution is 2.23. The maximum absolute atomic E-state index is 12.3. The Balaban J connectivity index is 0.00000225. The fourth-order valence-corrected chi connectivity index (χ4v) is 3.33. The molecule has 25 heavy (non-hydrogen) atoms. The van der Waals surface area contributed by atoms with Crippen molar-refractivity contribution >= 4 is 30.1 Å². The second-order valence-corrected chi connectivity index (χ2v) is 6.60. The van der Waals surface area contributed by atoms with Crippen molar-refractivity contribution in [3.8, 4) is 0 Å². The lowest BCUT2D eigenvalue weighted by Gasteiger charge is -2.22. The van der Waals surface area contributed by atoms with Crippen molar-refractivity contribution in [3.05, 3.63) is 34.9 Å². The number of nitrogens with zero attached hydrogens (tertiary/aromatic N) is 1. The molecule has 7 heteroatoms. The van der Waals surface area contributed by atoms with Crippen molar-refractivity contribution in [2.24, 2.45) is 5.92 Å². The summed E-state index contributed by atoms with van der Waals surface area (Å²) < 4.78 is 0. The molecule has 0 spiro atoms. The summed E-state index contributed by atoms with van der Waals surface area (Å²) in [5.41, 5.74) is 1.69. The molecule has 1 unspecified atom stereocenters. The zero-order valence-electron chi connectivity index (χ0n) is 14.3. The average Bonchev–Trinajstić information content (AvgIpc) is 2.80. The highest BCUT2D eigenvalue weighted by Gasteiger charge is 2.36. The Labute approximate surface area is 153 Å². The molecule has 0 aliphatic carbocycles. The molecule has 2 N–H and O–H groups in total. The van der Waals surface area contributed by atoms with E-state index in [1.54, 1.807) is 18.2 Å². The summed E-state index contributed by atoms with van der Waals surface area (Å²) in [6, 6.07) is 5.15. The van der Waals surface area contributed by atoms with Gasteiger partial charge in [-0.1, -0.05) is 11.6 Å². The molecular formula is C18H24ClN3O3. The molecular weight excluding hydrogens is 342 g/mol. The van der Waals surface area contributed by atoms with Crippen molar-refractivity contribution in [3.63, 3.8) is 0 Å². The lowest BCUT2D eigenvalue weighted by molar-refractivity contribution is -0.121. The van der Waals surface area contributed by atoms with Gasteiger partial charge in [0.15, 0.2) is 0 Å². The first-order valence-electron chi connectivity index (χ1n) is 8.50. The van der Waals surface area contributed by atoms with Crippen LogP contribution in [0.1, 0.15) is 45.5 Å². The number of aryl methyl sites for hydroxylation is 1. The van der Waals surface area contributed by atoms with Crippen LogP contribution in [0.5, 0.6) is 0 Å². The molecule has 136 valence electrons. The lowest BCUT2D eigenvalue weighted by atomic mass is 9.96. The van der Waals surface area contributed by atoms with Gasteiger partial charge in [0.1, 0.15) is 6.54 Å². The third kappa shape index (κ3) is 4.38. The van der Waals surface area contributed by atoms with E-state index in [-0.39, 0.29) is 36.7 Å². The molecule has 0 aromatic heterocycles. The van der Waals surface area contributed by atoms with Crippen molar-refractivity contribution in [2.45, 2.75) is 26.2 Å². The molecule has 1 saturated heterocycles. The number of rotatable bonds is 5. The molecule has 0 saturated carbocycles. The summed E-state index contributed by atoms with van der Waals surface area (Å²) in [6.07, 6.45) is 3.27. The minimum atomic E-state index is -0.387. The van der Waals surface area contributed by atoms with Crippen molar-refractivity contribution in [2.75, 3.05) is 26.2 Å². The fourth-order valence-electron chi connectivity index (χ4n) is 3.33.